The maximum absolute atomic E-state index is 13.9. The van der Waals surface area contributed by atoms with E-state index in [-0.39, 0.29) is 17.5 Å². The topological polar surface area (TPSA) is 67.4 Å². The van der Waals surface area contributed by atoms with Gasteiger partial charge < -0.3 is 10.1 Å². The monoisotopic (exact) mass is 304 g/mol. The second-order valence-electron chi connectivity index (χ2n) is 4.48. The molecule has 0 radical (unpaired) electrons. The first-order valence-corrected chi connectivity index (χ1v) is 7.87. The molecule has 1 rings (SSSR count). The third-order valence-electron chi connectivity index (χ3n) is 2.85. The van der Waals surface area contributed by atoms with Gasteiger partial charge in [-0.05, 0) is 31.2 Å². The molecule has 0 fully saturated rings. The van der Waals surface area contributed by atoms with Gasteiger partial charge in [0.1, 0.15) is 10.7 Å². The van der Waals surface area contributed by atoms with Crippen LogP contribution in [-0.4, -0.2) is 35.2 Å². The fraction of sp³-hybridized carbons (Fsp3) is 0.538. The van der Waals surface area contributed by atoms with E-state index in [0.29, 0.717) is 18.5 Å². The fourth-order valence-electron chi connectivity index (χ4n) is 1.80. The third-order valence-corrected chi connectivity index (χ3v) is 4.40. The van der Waals surface area contributed by atoms with E-state index in [1.165, 1.54) is 19.2 Å². The van der Waals surface area contributed by atoms with Crippen LogP contribution in [-0.2, 0) is 21.3 Å². The van der Waals surface area contributed by atoms with E-state index < -0.39 is 15.8 Å². The number of hydrogen-bond donors (Lipinski definition) is 2. The van der Waals surface area contributed by atoms with E-state index in [1.807, 2.05) is 6.92 Å². The average Bonchev–Trinajstić information content (AvgIpc) is 2.38. The summed E-state index contributed by atoms with van der Waals surface area (Å²) in [6.07, 6.45) is 0.562. The lowest BCUT2D eigenvalue weighted by Gasteiger charge is -2.16. The molecule has 0 aliphatic rings. The van der Waals surface area contributed by atoms with Gasteiger partial charge in [-0.15, -0.1) is 0 Å². The highest BCUT2D eigenvalue weighted by Crippen LogP contribution is 2.16. The zero-order valence-electron chi connectivity index (χ0n) is 11.9. The van der Waals surface area contributed by atoms with Crippen molar-refractivity contribution in [3.8, 4) is 0 Å². The summed E-state index contributed by atoms with van der Waals surface area (Å²) in [6.45, 7) is 2.56. The average molecular weight is 304 g/mol. The van der Waals surface area contributed by atoms with Gasteiger partial charge in [0.2, 0.25) is 10.0 Å². The maximum Gasteiger partial charge on any atom is 0.243 e. The van der Waals surface area contributed by atoms with Crippen LogP contribution in [0, 0.1) is 5.82 Å². The predicted octanol–water partition coefficient (Wildman–Crippen LogP) is 1.25. The Labute approximate surface area is 119 Å². The number of methoxy groups -OCH3 is 1. The van der Waals surface area contributed by atoms with Gasteiger partial charge in [-0.3, -0.25) is 0 Å². The summed E-state index contributed by atoms with van der Waals surface area (Å²) in [4.78, 5) is -0.341. The molecular weight excluding hydrogens is 283 g/mol. The predicted molar refractivity (Wildman–Crippen MR) is 75.4 cm³/mol. The van der Waals surface area contributed by atoms with Crippen LogP contribution in [0.2, 0.25) is 0 Å². The van der Waals surface area contributed by atoms with Crippen LogP contribution < -0.4 is 10.0 Å². The summed E-state index contributed by atoms with van der Waals surface area (Å²) in [6, 6.07) is 3.72. The number of benzene rings is 1. The van der Waals surface area contributed by atoms with Crippen LogP contribution in [0.15, 0.2) is 23.1 Å². The number of halogens is 1. The number of sulfonamides is 1. The van der Waals surface area contributed by atoms with Gasteiger partial charge in [0.15, 0.2) is 0 Å². The fourth-order valence-corrected chi connectivity index (χ4v) is 3.16. The first kappa shape index (κ1) is 17.0. The standard InChI is InChI=1S/C13H21FN2O3S/c1-4-11(9-19-3)16-20(17,18)13-6-5-10(8-15-2)7-12(13)14/h5-7,11,15-16H,4,8-9H2,1-3H3. The second-order valence-corrected chi connectivity index (χ2v) is 6.16. The summed E-state index contributed by atoms with van der Waals surface area (Å²) in [5.74, 6) is -0.752. The number of rotatable bonds is 8. The van der Waals surface area contributed by atoms with E-state index in [2.05, 4.69) is 10.0 Å². The molecule has 0 amide bonds. The lowest BCUT2D eigenvalue weighted by molar-refractivity contribution is 0.173. The Hall–Kier alpha value is -1.02. The Morgan fingerprint density at radius 1 is 1.40 bits per heavy atom. The first-order valence-electron chi connectivity index (χ1n) is 6.38. The minimum atomic E-state index is -3.88. The summed E-state index contributed by atoms with van der Waals surface area (Å²) in [5.41, 5.74) is 0.688. The highest BCUT2D eigenvalue weighted by molar-refractivity contribution is 7.89. The summed E-state index contributed by atoms with van der Waals surface area (Å²) < 4.78 is 45.6. The molecule has 0 bridgehead atoms. The molecular formula is C13H21FN2O3S. The van der Waals surface area contributed by atoms with Gasteiger partial charge in [-0.1, -0.05) is 13.0 Å². The van der Waals surface area contributed by atoms with Crippen LogP contribution in [0.1, 0.15) is 18.9 Å². The van der Waals surface area contributed by atoms with Crippen molar-refractivity contribution in [2.24, 2.45) is 0 Å². The van der Waals surface area contributed by atoms with E-state index in [0.717, 1.165) is 0 Å². The Kier molecular flexibility index (Phi) is 6.54. The largest absolute Gasteiger partial charge is 0.383 e. The zero-order chi connectivity index (χ0) is 15.2. The number of hydrogen-bond acceptors (Lipinski definition) is 4. The Morgan fingerprint density at radius 3 is 2.60 bits per heavy atom. The van der Waals surface area contributed by atoms with Crippen molar-refractivity contribution in [3.63, 3.8) is 0 Å². The van der Waals surface area contributed by atoms with Crippen molar-refractivity contribution in [2.75, 3.05) is 20.8 Å². The molecule has 0 saturated heterocycles. The minimum Gasteiger partial charge on any atom is -0.383 e. The summed E-state index contributed by atoms with van der Waals surface area (Å²) in [7, 11) is -0.655. The van der Waals surface area contributed by atoms with Crippen molar-refractivity contribution in [2.45, 2.75) is 30.8 Å². The summed E-state index contributed by atoms with van der Waals surface area (Å²) in [5, 5.41) is 2.88. The maximum atomic E-state index is 13.9. The molecule has 0 heterocycles. The zero-order valence-corrected chi connectivity index (χ0v) is 12.8. The lowest BCUT2D eigenvalue weighted by atomic mass is 10.2. The van der Waals surface area contributed by atoms with Crippen LogP contribution in [0.25, 0.3) is 0 Å². The Morgan fingerprint density at radius 2 is 2.10 bits per heavy atom. The molecule has 1 aromatic carbocycles. The first-order chi connectivity index (χ1) is 9.44. The number of ether oxygens (including phenoxy) is 1. The SMILES string of the molecule is CCC(COC)NS(=O)(=O)c1ccc(CNC)cc1F. The smallest absolute Gasteiger partial charge is 0.243 e. The van der Waals surface area contributed by atoms with Gasteiger partial charge in [-0.25, -0.2) is 17.5 Å². The van der Waals surface area contributed by atoms with Crippen molar-refractivity contribution in [1.29, 1.82) is 0 Å². The Balaban J connectivity index is 2.97. The molecule has 7 heteroatoms. The van der Waals surface area contributed by atoms with Gasteiger partial charge >= 0.3 is 0 Å². The normalized spacial score (nSPS) is 13.4. The van der Waals surface area contributed by atoms with Crippen LogP contribution in [0.5, 0.6) is 0 Å². The molecule has 0 saturated carbocycles. The van der Waals surface area contributed by atoms with E-state index in [4.69, 9.17) is 4.74 Å². The van der Waals surface area contributed by atoms with Gasteiger partial charge in [-0.2, -0.15) is 0 Å². The molecule has 1 atom stereocenters. The molecule has 0 spiro atoms. The Bertz CT molecular complexity index is 534. The van der Waals surface area contributed by atoms with Crippen LogP contribution in [0.4, 0.5) is 4.39 Å². The quantitative estimate of drug-likeness (QED) is 0.758. The van der Waals surface area contributed by atoms with Crippen molar-refractivity contribution >= 4 is 10.0 Å². The molecule has 0 aromatic heterocycles. The van der Waals surface area contributed by atoms with Crippen LogP contribution >= 0.6 is 0 Å². The van der Waals surface area contributed by atoms with E-state index in [1.54, 1.807) is 13.1 Å². The second kappa shape index (κ2) is 7.68. The van der Waals surface area contributed by atoms with Gasteiger partial charge in [0, 0.05) is 19.7 Å². The highest BCUT2D eigenvalue weighted by atomic mass is 32.2. The molecule has 2 N–H and O–H groups in total. The lowest BCUT2D eigenvalue weighted by Crippen LogP contribution is -2.37. The molecule has 5 nitrogen and oxygen atoms in total. The van der Waals surface area contributed by atoms with Crippen LogP contribution in [0.3, 0.4) is 0 Å². The molecule has 1 aromatic rings. The third kappa shape index (κ3) is 4.52. The highest BCUT2D eigenvalue weighted by Gasteiger charge is 2.22. The molecule has 0 aliphatic heterocycles. The molecule has 20 heavy (non-hydrogen) atoms. The van der Waals surface area contributed by atoms with Gasteiger partial charge in [0.05, 0.1) is 6.61 Å². The van der Waals surface area contributed by atoms with Gasteiger partial charge in [0.25, 0.3) is 0 Å². The minimum absolute atomic E-state index is 0.245. The van der Waals surface area contributed by atoms with E-state index >= 15 is 0 Å². The molecule has 1 unspecified atom stereocenters. The molecule has 0 aliphatic carbocycles. The van der Waals surface area contributed by atoms with Crippen molar-refractivity contribution in [3.05, 3.63) is 29.6 Å². The van der Waals surface area contributed by atoms with Crippen molar-refractivity contribution < 1.29 is 17.5 Å². The number of nitrogens with one attached hydrogen (secondary N) is 2. The van der Waals surface area contributed by atoms with E-state index in [9.17, 15) is 12.8 Å². The van der Waals surface area contributed by atoms with Crippen molar-refractivity contribution in [1.82, 2.24) is 10.0 Å². The summed E-state index contributed by atoms with van der Waals surface area (Å²) >= 11 is 0. The molecule has 114 valence electrons.